The number of aliphatic hydroxyl groups is 1. The molecule has 2 N–H and O–H groups in total. The van der Waals surface area contributed by atoms with Crippen LogP contribution in [0.5, 0.6) is 0 Å². The summed E-state index contributed by atoms with van der Waals surface area (Å²) in [6.45, 7) is 4.12. The van der Waals surface area contributed by atoms with Crippen molar-refractivity contribution in [2.75, 3.05) is 12.4 Å². The van der Waals surface area contributed by atoms with Crippen LogP contribution in [0.1, 0.15) is 44.2 Å². The standard InChI is InChI=1S/C17H25NO2S/c1-3-17(2,9-10-19)18-16(20)12-21-15-8-7-13-5-4-6-14(13)11-15/h7-8,11,19H,3-6,9-10,12H2,1-2H3,(H,18,20). The molecule has 1 aliphatic rings. The predicted octanol–water partition coefficient (Wildman–Crippen LogP) is 2.93. The van der Waals surface area contributed by atoms with Gasteiger partial charge in [-0.05, 0) is 62.3 Å². The van der Waals surface area contributed by atoms with Crippen LogP contribution in [0.4, 0.5) is 0 Å². The van der Waals surface area contributed by atoms with Crippen molar-refractivity contribution in [3.63, 3.8) is 0 Å². The van der Waals surface area contributed by atoms with Gasteiger partial charge in [0.25, 0.3) is 0 Å². The average molecular weight is 307 g/mol. The first-order valence-corrected chi connectivity index (χ1v) is 8.71. The predicted molar refractivity (Wildman–Crippen MR) is 87.7 cm³/mol. The number of amides is 1. The maximum atomic E-state index is 12.1. The fourth-order valence-corrected chi connectivity index (χ4v) is 3.49. The number of rotatable bonds is 7. The van der Waals surface area contributed by atoms with Crippen LogP contribution < -0.4 is 5.32 Å². The third-order valence-corrected chi connectivity index (χ3v) is 5.32. The van der Waals surface area contributed by atoms with Crippen molar-refractivity contribution in [2.24, 2.45) is 0 Å². The molecule has 116 valence electrons. The monoisotopic (exact) mass is 307 g/mol. The van der Waals surface area contributed by atoms with Crippen molar-refractivity contribution in [3.8, 4) is 0 Å². The highest BCUT2D eigenvalue weighted by Gasteiger charge is 2.23. The van der Waals surface area contributed by atoms with Crippen molar-refractivity contribution in [1.29, 1.82) is 0 Å². The van der Waals surface area contributed by atoms with Crippen molar-refractivity contribution >= 4 is 17.7 Å². The van der Waals surface area contributed by atoms with Crippen molar-refractivity contribution in [3.05, 3.63) is 29.3 Å². The van der Waals surface area contributed by atoms with E-state index in [1.54, 1.807) is 11.8 Å². The molecule has 4 heteroatoms. The van der Waals surface area contributed by atoms with E-state index in [9.17, 15) is 4.79 Å². The fourth-order valence-electron chi connectivity index (χ4n) is 2.73. The Labute approximate surface area is 131 Å². The largest absolute Gasteiger partial charge is 0.396 e. The molecule has 3 nitrogen and oxygen atoms in total. The smallest absolute Gasteiger partial charge is 0.230 e. The highest BCUT2D eigenvalue weighted by Crippen LogP contribution is 2.27. The second-order valence-corrected chi connectivity index (χ2v) is 7.06. The number of benzene rings is 1. The highest BCUT2D eigenvalue weighted by atomic mass is 32.2. The summed E-state index contributed by atoms with van der Waals surface area (Å²) in [5, 5.41) is 12.1. The molecule has 0 spiro atoms. The van der Waals surface area contributed by atoms with Gasteiger partial charge >= 0.3 is 0 Å². The number of nitrogens with one attached hydrogen (secondary N) is 1. The maximum absolute atomic E-state index is 12.1. The number of aliphatic hydroxyl groups excluding tert-OH is 1. The van der Waals surface area contributed by atoms with E-state index >= 15 is 0 Å². The minimum absolute atomic E-state index is 0.0401. The molecule has 0 fully saturated rings. The summed E-state index contributed by atoms with van der Waals surface area (Å²) in [5.74, 6) is 0.470. The van der Waals surface area contributed by atoms with Gasteiger partial charge in [0, 0.05) is 17.0 Å². The molecular weight excluding hydrogens is 282 g/mol. The van der Waals surface area contributed by atoms with Crippen LogP contribution >= 0.6 is 11.8 Å². The Kier molecular flexibility index (Phi) is 5.71. The number of thioether (sulfide) groups is 1. The van der Waals surface area contributed by atoms with Gasteiger partial charge in [0.1, 0.15) is 0 Å². The summed E-state index contributed by atoms with van der Waals surface area (Å²) in [5.41, 5.74) is 2.61. The summed E-state index contributed by atoms with van der Waals surface area (Å²) in [6, 6.07) is 6.55. The third-order valence-electron chi connectivity index (χ3n) is 4.32. The Balaban J connectivity index is 1.86. The second kappa shape index (κ2) is 7.32. The van der Waals surface area contributed by atoms with Gasteiger partial charge in [-0.2, -0.15) is 0 Å². The minimum atomic E-state index is -0.301. The zero-order valence-electron chi connectivity index (χ0n) is 12.9. The average Bonchev–Trinajstić information content (AvgIpc) is 2.93. The van der Waals surface area contributed by atoms with Crippen LogP contribution in [0.25, 0.3) is 0 Å². The number of carbonyl (C=O) groups excluding carboxylic acids is 1. The quantitative estimate of drug-likeness (QED) is 0.762. The maximum Gasteiger partial charge on any atom is 0.230 e. The number of aryl methyl sites for hydroxylation is 2. The van der Waals surface area contributed by atoms with E-state index in [0.29, 0.717) is 12.2 Å². The van der Waals surface area contributed by atoms with Gasteiger partial charge in [0.2, 0.25) is 5.91 Å². The van der Waals surface area contributed by atoms with E-state index in [2.05, 4.69) is 23.5 Å². The lowest BCUT2D eigenvalue weighted by Crippen LogP contribution is -2.46. The van der Waals surface area contributed by atoms with Crippen LogP contribution in [0.3, 0.4) is 0 Å². The van der Waals surface area contributed by atoms with Crippen LogP contribution in [-0.2, 0) is 17.6 Å². The Morgan fingerprint density at radius 1 is 1.38 bits per heavy atom. The number of fused-ring (bicyclic) bond motifs is 1. The lowest BCUT2D eigenvalue weighted by atomic mass is 9.95. The molecule has 1 amide bonds. The van der Waals surface area contributed by atoms with E-state index in [-0.39, 0.29) is 18.1 Å². The molecule has 0 radical (unpaired) electrons. The molecule has 0 saturated carbocycles. The van der Waals surface area contributed by atoms with Gasteiger partial charge in [-0.25, -0.2) is 0 Å². The van der Waals surface area contributed by atoms with Crippen molar-refractivity contribution in [1.82, 2.24) is 5.32 Å². The molecule has 1 aromatic rings. The van der Waals surface area contributed by atoms with Crippen molar-refractivity contribution < 1.29 is 9.90 Å². The van der Waals surface area contributed by atoms with E-state index < -0.39 is 0 Å². The second-order valence-electron chi connectivity index (χ2n) is 6.01. The Hall–Kier alpha value is -1.00. The SMILES string of the molecule is CCC(C)(CCO)NC(=O)CSc1ccc2c(c1)CCC2. The highest BCUT2D eigenvalue weighted by molar-refractivity contribution is 8.00. The molecule has 1 aromatic carbocycles. The van der Waals surface area contributed by atoms with E-state index in [1.165, 1.54) is 35.3 Å². The summed E-state index contributed by atoms with van der Waals surface area (Å²) in [7, 11) is 0. The van der Waals surface area contributed by atoms with Gasteiger partial charge in [0.05, 0.1) is 5.75 Å². The summed E-state index contributed by atoms with van der Waals surface area (Å²) >= 11 is 1.59. The van der Waals surface area contributed by atoms with Crippen LogP contribution in [0.2, 0.25) is 0 Å². The van der Waals surface area contributed by atoms with E-state index in [4.69, 9.17) is 5.11 Å². The van der Waals surface area contributed by atoms with Gasteiger partial charge in [0.15, 0.2) is 0 Å². The molecule has 0 aromatic heterocycles. The molecule has 0 heterocycles. The minimum Gasteiger partial charge on any atom is -0.396 e. The number of carbonyl (C=O) groups is 1. The zero-order chi connectivity index (χ0) is 15.3. The first-order valence-electron chi connectivity index (χ1n) is 7.73. The van der Waals surface area contributed by atoms with Crippen LogP contribution in [-0.4, -0.2) is 28.9 Å². The third kappa shape index (κ3) is 4.48. The van der Waals surface area contributed by atoms with E-state index in [0.717, 1.165) is 6.42 Å². The molecule has 2 rings (SSSR count). The topological polar surface area (TPSA) is 49.3 Å². The van der Waals surface area contributed by atoms with Crippen LogP contribution in [0, 0.1) is 0 Å². The van der Waals surface area contributed by atoms with Gasteiger partial charge in [-0.3, -0.25) is 4.79 Å². The Bertz CT molecular complexity index is 504. The summed E-state index contributed by atoms with van der Waals surface area (Å²) < 4.78 is 0. The van der Waals surface area contributed by atoms with Crippen molar-refractivity contribution in [2.45, 2.75) is 56.4 Å². The summed E-state index contributed by atoms with van der Waals surface area (Å²) in [6.07, 6.45) is 5.03. The molecule has 1 aliphatic carbocycles. The Morgan fingerprint density at radius 3 is 2.86 bits per heavy atom. The van der Waals surface area contributed by atoms with Crippen LogP contribution in [0.15, 0.2) is 23.1 Å². The molecule has 0 aliphatic heterocycles. The van der Waals surface area contributed by atoms with Gasteiger partial charge < -0.3 is 10.4 Å². The van der Waals surface area contributed by atoms with Gasteiger partial charge in [-0.1, -0.05) is 13.0 Å². The molecular formula is C17H25NO2S. The van der Waals surface area contributed by atoms with E-state index in [1.807, 2.05) is 13.8 Å². The van der Waals surface area contributed by atoms with Gasteiger partial charge in [-0.15, -0.1) is 11.8 Å². The normalized spacial score (nSPS) is 16.3. The lowest BCUT2D eigenvalue weighted by Gasteiger charge is -2.28. The number of hydrogen-bond donors (Lipinski definition) is 2. The number of hydrogen-bond acceptors (Lipinski definition) is 3. The Morgan fingerprint density at radius 2 is 2.14 bits per heavy atom. The molecule has 0 saturated heterocycles. The molecule has 0 bridgehead atoms. The lowest BCUT2D eigenvalue weighted by molar-refractivity contribution is -0.120. The molecule has 1 atom stereocenters. The molecule has 21 heavy (non-hydrogen) atoms. The first kappa shape index (κ1) is 16.4. The zero-order valence-corrected chi connectivity index (χ0v) is 13.8. The summed E-state index contributed by atoms with van der Waals surface area (Å²) in [4.78, 5) is 13.3. The fraction of sp³-hybridized carbons (Fsp3) is 0.588. The first-order chi connectivity index (χ1) is 10.1. The molecule has 1 unspecified atom stereocenters.